The van der Waals surface area contributed by atoms with Crippen LogP contribution in [-0.2, 0) is 4.74 Å². The smallest absolute Gasteiger partial charge is 0.0826 e. The SMILES string of the molecule is CCCCCCCCN1CCOC(CNC)C1. The van der Waals surface area contributed by atoms with Crippen molar-refractivity contribution in [3.05, 3.63) is 0 Å². The first kappa shape index (κ1) is 14.9. The summed E-state index contributed by atoms with van der Waals surface area (Å²) in [5.74, 6) is 0. The largest absolute Gasteiger partial charge is 0.374 e. The number of nitrogens with zero attached hydrogens (tertiary/aromatic N) is 1. The van der Waals surface area contributed by atoms with Crippen LogP contribution in [0.25, 0.3) is 0 Å². The van der Waals surface area contributed by atoms with Crippen LogP contribution in [0, 0.1) is 0 Å². The highest BCUT2D eigenvalue weighted by atomic mass is 16.5. The zero-order valence-electron chi connectivity index (χ0n) is 11.7. The molecule has 102 valence electrons. The van der Waals surface area contributed by atoms with Gasteiger partial charge in [-0.15, -0.1) is 0 Å². The second kappa shape index (κ2) is 9.86. The molecule has 3 nitrogen and oxygen atoms in total. The van der Waals surface area contributed by atoms with Gasteiger partial charge in [-0.1, -0.05) is 39.0 Å². The van der Waals surface area contributed by atoms with Crippen LogP contribution in [0.2, 0.25) is 0 Å². The molecule has 0 radical (unpaired) electrons. The van der Waals surface area contributed by atoms with Crippen LogP contribution in [0.1, 0.15) is 45.4 Å². The average Bonchev–Trinajstić information content (AvgIpc) is 2.35. The Balaban J connectivity index is 1.98. The molecule has 1 heterocycles. The van der Waals surface area contributed by atoms with Gasteiger partial charge in [0.15, 0.2) is 0 Å². The van der Waals surface area contributed by atoms with Gasteiger partial charge in [0.2, 0.25) is 0 Å². The van der Waals surface area contributed by atoms with Crippen LogP contribution in [0.3, 0.4) is 0 Å². The van der Waals surface area contributed by atoms with Gasteiger partial charge in [-0.3, -0.25) is 4.90 Å². The number of hydrogen-bond acceptors (Lipinski definition) is 3. The summed E-state index contributed by atoms with van der Waals surface area (Å²) in [5.41, 5.74) is 0. The molecule has 1 rings (SSSR count). The molecular formula is C14H30N2O. The Morgan fingerprint density at radius 3 is 2.71 bits per heavy atom. The van der Waals surface area contributed by atoms with Crippen LogP contribution in [-0.4, -0.2) is 50.8 Å². The zero-order valence-corrected chi connectivity index (χ0v) is 11.7. The van der Waals surface area contributed by atoms with Gasteiger partial charge in [-0.2, -0.15) is 0 Å². The predicted molar refractivity (Wildman–Crippen MR) is 73.5 cm³/mol. The van der Waals surface area contributed by atoms with Gasteiger partial charge in [-0.25, -0.2) is 0 Å². The van der Waals surface area contributed by atoms with Crippen molar-refractivity contribution in [3.63, 3.8) is 0 Å². The van der Waals surface area contributed by atoms with Crippen molar-refractivity contribution >= 4 is 0 Å². The van der Waals surface area contributed by atoms with Crippen LogP contribution in [0.5, 0.6) is 0 Å². The average molecular weight is 242 g/mol. The van der Waals surface area contributed by atoms with Crippen molar-refractivity contribution in [2.45, 2.75) is 51.6 Å². The van der Waals surface area contributed by atoms with E-state index in [-0.39, 0.29) is 0 Å². The third kappa shape index (κ3) is 7.02. The van der Waals surface area contributed by atoms with Crippen LogP contribution >= 0.6 is 0 Å². The van der Waals surface area contributed by atoms with Crippen molar-refractivity contribution < 1.29 is 4.74 Å². The first-order valence-corrected chi connectivity index (χ1v) is 7.35. The van der Waals surface area contributed by atoms with Gasteiger partial charge in [0.05, 0.1) is 12.7 Å². The van der Waals surface area contributed by atoms with Crippen LogP contribution in [0.15, 0.2) is 0 Å². The summed E-state index contributed by atoms with van der Waals surface area (Å²) in [4.78, 5) is 2.56. The number of ether oxygens (including phenoxy) is 1. The Bertz CT molecular complexity index is 174. The van der Waals surface area contributed by atoms with Gasteiger partial charge in [0, 0.05) is 19.6 Å². The summed E-state index contributed by atoms with van der Waals surface area (Å²) in [6.45, 7) is 7.64. The maximum atomic E-state index is 5.70. The molecule has 1 aliphatic heterocycles. The molecule has 1 unspecified atom stereocenters. The standard InChI is InChI=1S/C14H30N2O/c1-3-4-5-6-7-8-9-16-10-11-17-14(13-16)12-15-2/h14-15H,3-13H2,1-2H3. The highest BCUT2D eigenvalue weighted by Gasteiger charge is 2.18. The molecule has 1 saturated heterocycles. The molecule has 0 amide bonds. The molecule has 0 saturated carbocycles. The molecule has 0 spiro atoms. The van der Waals surface area contributed by atoms with E-state index in [0.29, 0.717) is 6.10 Å². The molecule has 17 heavy (non-hydrogen) atoms. The molecule has 1 atom stereocenters. The quantitative estimate of drug-likeness (QED) is 0.628. The van der Waals surface area contributed by atoms with Gasteiger partial charge in [0.25, 0.3) is 0 Å². The summed E-state index contributed by atoms with van der Waals surface area (Å²) < 4.78 is 5.70. The van der Waals surface area contributed by atoms with Gasteiger partial charge in [0.1, 0.15) is 0 Å². The van der Waals surface area contributed by atoms with Crippen molar-refractivity contribution in [2.24, 2.45) is 0 Å². The summed E-state index contributed by atoms with van der Waals surface area (Å²) in [5, 5.41) is 3.20. The summed E-state index contributed by atoms with van der Waals surface area (Å²) in [6, 6.07) is 0. The van der Waals surface area contributed by atoms with E-state index in [9.17, 15) is 0 Å². The lowest BCUT2D eigenvalue weighted by molar-refractivity contribution is -0.0266. The van der Waals surface area contributed by atoms with Crippen molar-refractivity contribution in [1.29, 1.82) is 0 Å². The Morgan fingerprint density at radius 2 is 1.94 bits per heavy atom. The number of nitrogens with one attached hydrogen (secondary N) is 1. The van der Waals surface area contributed by atoms with Crippen LogP contribution < -0.4 is 5.32 Å². The van der Waals surface area contributed by atoms with E-state index in [1.165, 1.54) is 45.1 Å². The van der Waals surface area contributed by atoms with Crippen molar-refractivity contribution in [3.8, 4) is 0 Å². The first-order chi connectivity index (χ1) is 8.36. The number of rotatable bonds is 9. The number of unbranched alkanes of at least 4 members (excludes halogenated alkanes) is 5. The highest BCUT2D eigenvalue weighted by molar-refractivity contribution is 4.72. The Hall–Kier alpha value is -0.120. The monoisotopic (exact) mass is 242 g/mol. The third-order valence-corrected chi connectivity index (χ3v) is 3.48. The van der Waals surface area contributed by atoms with Crippen molar-refractivity contribution in [1.82, 2.24) is 10.2 Å². The Morgan fingerprint density at radius 1 is 1.18 bits per heavy atom. The molecule has 1 fully saturated rings. The molecule has 0 aliphatic carbocycles. The Kier molecular flexibility index (Phi) is 8.67. The third-order valence-electron chi connectivity index (χ3n) is 3.48. The molecule has 1 N–H and O–H groups in total. The number of morpholine rings is 1. The molecule has 0 aromatic heterocycles. The molecular weight excluding hydrogens is 212 g/mol. The second-order valence-electron chi connectivity index (χ2n) is 5.12. The predicted octanol–water partition coefficient (Wildman–Crippen LogP) is 2.27. The maximum Gasteiger partial charge on any atom is 0.0826 e. The van der Waals surface area contributed by atoms with E-state index in [4.69, 9.17) is 4.74 Å². The zero-order chi connectivity index (χ0) is 12.3. The van der Waals surface area contributed by atoms with Crippen LogP contribution in [0.4, 0.5) is 0 Å². The minimum Gasteiger partial charge on any atom is -0.374 e. The van der Waals surface area contributed by atoms with Crippen molar-refractivity contribution in [2.75, 3.05) is 39.8 Å². The van der Waals surface area contributed by atoms with E-state index >= 15 is 0 Å². The van der Waals surface area contributed by atoms with Gasteiger partial charge >= 0.3 is 0 Å². The Labute approximate surface area is 107 Å². The van der Waals surface area contributed by atoms with Gasteiger partial charge < -0.3 is 10.1 Å². The van der Waals surface area contributed by atoms with Gasteiger partial charge in [-0.05, 0) is 20.0 Å². The summed E-state index contributed by atoms with van der Waals surface area (Å²) >= 11 is 0. The van der Waals surface area contributed by atoms with E-state index in [1.807, 2.05) is 7.05 Å². The lowest BCUT2D eigenvalue weighted by Crippen LogP contribution is -2.46. The topological polar surface area (TPSA) is 24.5 Å². The highest BCUT2D eigenvalue weighted by Crippen LogP contribution is 2.09. The molecule has 1 aliphatic rings. The lowest BCUT2D eigenvalue weighted by atomic mass is 10.1. The molecule has 0 aromatic carbocycles. The maximum absolute atomic E-state index is 5.70. The first-order valence-electron chi connectivity index (χ1n) is 7.35. The normalized spacial score (nSPS) is 21.9. The molecule has 0 bridgehead atoms. The van der Waals surface area contributed by atoms with E-state index in [0.717, 1.165) is 26.2 Å². The fourth-order valence-corrected chi connectivity index (χ4v) is 2.45. The summed E-state index contributed by atoms with van der Waals surface area (Å²) in [7, 11) is 2.00. The minimum absolute atomic E-state index is 0.397. The second-order valence-corrected chi connectivity index (χ2v) is 5.12. The number of likely N-dealkylation sites (N-methyl/N-ethyl adjacent to an activating group) is 1. The lowest BCUT2D eigenvalue weighted by Gasteiger charge is -2.32. The molecule has 3 heteroatoms. The molecule has 0 aromatic rings. The minimum atomic E-state index is 0.397. The number of hydrogen-bond donors (Lipinski definition) is 1. The van der Waals surface area contributed by atoms with E-state index in [2.05, 4.69) is 17.1 Å². The summed E-state index contributed by atoms with van der Waals surface area (Å²) in [6.07, 6.45) is 8.73. The van der Waals surface area contributed by atoms with E-state index in [1.54, 1.807) is 0 Å². The van der Waals surface area contributed by atoms with E-state index < -0.39 is 0 Å². The fourth-order valence-electron chi connectivity index (χ4n) is 2.45. The fraction of sp³-hybridized carbons (Fsp3) is 1.00.